The molecule has 0 unspecified atom stereocenters. The molecular weight excluding hydrogens is 563 g/mol. The van der Waals surface area contributed by atoms with E-state index in [2.05, 4.69) is 10.1 Å². The summed E-state index contributed by atoms with van der Waals surface area (Å²) >= 11 is 5.71. The van der Waals surface area contributed by atoms with Crippen molar-refractivity contribution in [1.82, 2.24) is 19.7 Å². The molecule has 4 rings (SSSR count). The molecule has 2 heterocycles. The number of amides is 2. The number of alkyl halides is 3. The summed E-state index contributed by atoms with van der Waals surface area (Å²) in [6, 6.07) is 5.43. The maximum absolute atomic E-state index is 15.2. The Balaban J connectivity index is 1.53. The van der Waals surface area contributed by atoms with Crippen molar-refractivity contribution >= 4 is 34.8 Å². The first-order valence-electron chi connectivity index (χ1n) is 12.0. The van der Waals surface area contributed by atoms with Gasteiger partial charge < -0.3 is 19.4 Å². The lowest BCUT2D eigenvalue weighted by atomic mass is 10.2. The minimum Gasteiger partial charge on any atom is -0.494 e. The number of rotatable bonds is 7. The number of hydrogen-bond acceptors (Lipinski definition) is 6. The van der Waals surface area contributed by atoms with Crippen molar-refractivity contribution in [3.05, 3.63) is 59.1 Å². The van der Waals surface area contributed by atoms with Gasteiger partial charge in [-0.2, -0.15) is 18.3 Å². The van der Waals surface area contributed by atoms with Gasteiger partial charge in [-0.1, -0.05) is 11.6 Å². The normalized spacial score (nSPS) is 14.3. The van der Waals surface area contributed by atoms with Gasteiger partial charge in [0.15, 0.2) is 0 Å². The van der Waals surface area contributed by atoms with Gasteiger partial charge >= 0.3 is 6.18 Å². The van der Waals surface area contributed by atoms with Crippen LogP contribution >= 0.6 is 11.6 Å². The van der Waals surface area contributed by atoms with Gasteiger partial charge in [0.25, 0.3) is 0 Å². The summed E-state index contributed by atoms with van der Waals surface area (Å²) in [5, 5.41) is 3.71. The molecule has 1 aromatic heterocycles. The smallest absolute Gasteiger partial charge is 0.406 e. The number of carbonyl (C=O) groups is 2. The highest BCUT2D eigenvalue weighted by molar-refractivity contribution is 6.31. The Hall–Kier alpha value is -3.94. The lowest BCUT2D eigenvalue weighted by molar-refractivity contribution is -0.137. The molecule has 214 valence electrons. The summed E-state index contributed by atoms with van der Waals surface area (Å²) in [6.45, 7) is -0.553. The molecule has 0 N–H and O–H groups in total. The van der Waals surface area contributed by atoms with Crippen LogP contribution in [0.3, 0.4) is 0 Å². The fraction of sp³-hybridized carbons (Fsp3) is 0.360. The van der Waals surface area contributed by atoms with E-state index in [1.54, 1.807) is 11.8 Å². The molecule has 0 spiro atoms. The summed E-state index contributed by atoms with van der Waals surface area (Å²) in [4.78, 5) is 32.9. The third kappa shape index (κ3) is 6.61. The van der Waals surface area contributed by atoms with Crippen molar-refractivity contribution in [1.29, 1.82) is 0 Å². The first-order chi connectivity index (χ1) is 18.9. The predicted octanol–water partition coefficient (Wildman–Crippen LogP) is 4.15. The Morgan fingerprint density at radius 2 is 1.85 bits per heavy atom. The molecule has 9 nitrogen and oxygen atoms in total. The SMILES string of the molecule is COc1cc(N2CCC(=O)N(CC(=O)N(CC(F)(F)F)c3ccc(F)c(Cl)c3)CC2)c(F)cc1-n1cnc(C)n1. The Bertz CT molecular complexity index is 1420. The quantitative estimate of drug-likeness (QED) is 0.387. The summed E-state index contributed by atoms with van der Waals surface area (Å²) in [5.41, 5.74) is 0.181. The van der Waals surface area contributed by atoms with Gasteiger partial charge in [0.2, 0.25) is 11.8 Å². The molecule has 0 bridgehead atoms. The Morgan fingerprint density at radius 3 is 2.48 bits per heavy atom. The van der Waals surface area contributed by atoms with Gasteiger partial charge in [-0.15, -0.1) is 0 Å². The van der Waals surface area contributed by atoms with Crippen molar-refractivity contribution in [2.24, 2.45) is 0 Å². The highest BCUT2D eigenvalue weighted by Crippen LogP contribution is 2.32. The zero-order valence-electron chi connectivity index (χ0n) is 21.4. The second kappa shape index (κ2) is 11.7. The van der Waals surface area contributed by atoms with Gasteiger partial charge in [0.1, 0.15) is 48.3 Å². The standard InChI is InChI=1S/C25H24ClF5N6O3/c1-15-32-14-37(33-15)21-10-19(28)20(11-22(21)40-2)34-6-5-23(38)35(8-7-34)12-24(39)36(13-25(29,30)31)16-3-4-18(27)17(26)9-16/h3-4,9-11,14H,5-8,12-13H2,1-2H3. The molecule has 1 saturated heterocycles. The molecule has 1 aliphatic heterocycles. The minimum absolute atomic E-state index is 0.0691. The van der Waals surface area contributed by atoms with E-state index in [4.69, 9.17) is 16.3 Å². The van der Waals surface area contributed by atoms with Gasteiger partial charge in [0, 0.05) is 43.9 Å². The lowest BCUT2D eigenvalue weighted by Gasteiger charge is -2.28. The molecule has 1 aliphatic rings. The highest BCUT2D eigenvalue weighted by Gasteiger charge is 2.35. The number of benzene rings is 2. The van der Waals surface area contributed by atoms with Crippen molar-refractivity contribution in [3.8, 4) is 11.4 Å². The Labute approximate surface area is 230 Å². The minimum atomic E-state index is -4.77. The molecule has 1 fully saturated rings. The van der Waals surface area contributed by atoms with E-state index < -0.39 is 47.7 Å². The third-order valence-electron chi connectivity index (χ3n) is 6.21. The molecule has 0 radical (unpaired) electrons. The van der Waals surface area contributed by atoms with Crippen LogP contribution in [-0.2, 0) is 9.59 Å². The zero-order chi connectivity index (χ0) is 29.2. The predicted molar refractivity (Wildman–Crippen MR) is 136 cm³/mol. The number of aromatic nitrogens is 3. The fourth-order valence-corrected chi connectivity index (χ4v) is 4.43. The van der Waals surface area contributed by atoms with E-state index >= 15 is 4.39 Å². The highest BCUT2D eigenvalue weighted by atomic mass is 35.5. The monoisotopic (exact) mass is 586 g/mol. The first kappa shape index (κ1) is 29.1. The number of carbonyl (C=O) groups excluding carboxylic acids is 2. The van der Waals surface area contributed by atoms with Crippen LogP contribution in [0.5, 0.6) is 5.75 Å². The molecule has 2 amide bonds. The van der Waals surface area contributed by atoms with E-state index in [1.807, 2.05) is 0 Å². The largest absolute Gasteiger partial charge is 0.494 e. The van der Waals surface area contributed by atoms with Crippen molar-refractivity contribution in [2.45, 2.75) is 19.5 Å². The summed E-state index contributed by atoms with van der Waals surface area (Å²) < 4.78 is 75.4. The molecular formula is C25H24ClF5N6O3. The van der Waals surface area contributed by atoms with Crippen LogP contribution in [0.2, 0.25) is 5.02 Å². The van der Waals surface area contributed by atoms with E-state index in [0.29, 0.717) is 22.2 Å². The van der Waals surface area contributed by atoms with Crippen LogP contribution in [-0.4, -0.2) is 77.5 Å². The van der Waals surface area contributed by atoms with Crippen LogP contribution < -0.4 is 14.5 Å². The summed E-state index contributed by atoms with van der Waals surface area (Å²) in [5.74, 6) is -2.25. The first-order valence-corrected chi connectivity index (χ1v) is 12.3. The molecule has 0 aliphatic carbocycles. The average Bonchev–Trinajstić information content (AvgIpc) is 3.25. The van der Waals surface area contributed by atoms with E-state index in [1.165, 1.54) is 30.3 Å². The zero-order valence-corrected chi connectivity index (χ0v) is 22.1. The topological polar surface area (TPSA) is 83.8 Å². The number of ether oxygens (including phenoxy) is 1. The average molecular weight is 587 g/mol. The van der Waals surface area contributed by atoms with Gasteiger partial charge in [0.05, 0.1) is 17.8 Å². The number of anilines is 2. The molecule has 3 aromatic rings. The second-order valence-corrected chi connectivity index (χ2v) is 9.36. The number of hydrogen-bond donors (Lipinski definition) is 0. The van der Waals surface area contributed by atoms with E-state index in [9.17, 15) is 27.2 Å². The van der Waals surface area contributed by atoms with Crippen LogP contribution in [0.4, 0.5) is 33.3 Å². The van der Waals surface area contributed by atoms with E-state index in [-0.39, 0.29) is 37.4 Å². The number of halogens is 6. The summed E-state index contributed by atoms with van der Waals surface area (Å²) in [7, 11) is 1.41. The van der Waals surface area contributed by atoms with Gasteiger partial charge in [-0.05, 0) is 25.1 Å². The number of methoxy groups -OCH3 is 1. The Kier molecular flexibility index (Phi) is 8.47. The maximum atomic E-state index is 15.2. The molecule has 0 atom stereocenters. The molecule has 0 saturated carbocycles. The van der Waals surface area contributed by atoms with Crippen molar-refractivity contribution in [2.75, 3.05) is 49.6 Å². The second-order valence-electron chi connectivity index (χ2n) is 8.96. The van der Waals surface area contributed by atoms with Crippen molar-refractivity contribution in [3.63, 3.8) is 0 Å². The fourth-order valence-electron chi connectivity index (χ4n) is 4.26. The van der Waals surface area contributed by atoms with Gasteiger partial charge in [-0.3, -0.25) is 9.59 Å². The third-order valence-corrected chi connectivity index (χ3v) is 6.50. The number of aryl methyl sites for hydroxylation is 1. The summed E-state index contributed by atoms with van der Waals surface area (Å²) in [6.07, 6.45) is -3.49. The molecule has 2 aromatic carbocycles. The van der Waals surface area contributed by atoms with Crippen LogP contribution in [0.1, 0.15) is 12.2 Å². The van der Waals surface area contributed by atoms with Gasteiger partial charge in [-0.25, -0.2) is 18.4 Å². The molecule has 15 heteroatoms. The van der Waals surface area contributed by atoms with Crippen LogP contribution in [0.25, 0.3) is 5.69 Å². The lowest BCUT2D eigenvalue weighted by Crippen LogP contribution is -2.46. The Morgan fingerprint density at radius 1 is 1.10 bits per heavy atom. The van der Waals surface area contributed by atoms with E-state index in [0.717, 1.165) is 23.1 Å². The maximum Gasteiger partial charge on any atom is 0.406 e. The molecule has 40 heavy (non-hydrogen) atoms. The van der Waals surface area contributed by atoms with Crippen molar-refractivity contribution < 1.29 is 36.3 Å². The van der Waals surface area contributed by atoms with Crippen LogP contribution in [0.15, 0.2) is 36.7 Å². The number of nitrogens with zero attached hydrogens (tertiary/aromatic N) is 6. The van der Waals surface area contributed by atoms with Crippen LogP contribution in [0, 0.1) is 18.6 Å².